The molecule has 0 aromatic rings. The lowest BCUT2D eigenvalue weighted by Crippen LogP contribution is -2.63. The van der Waals surface area contributed by atoms with Crippen molar-refractivity contribution in [2.75, 3.05) is 20.7 Å². The average Bonchev–Trinajstić information content (AvgIpc) is 2.27. The van der Waals surface area contributed by atoms with Crippen molar-refractivity contribution >= 4 is 5.96 Å². The summed E-state index contributed by atoms with van der Waals surface area (Å²) in [5, 5.41) is 6.57. The zero-order chi connectivity index (χ0) is 12.2. The maximum Gasteiger partial charge on any atom is 0.191 e. The molecule has 2 atom stereocenters. The molecule has 0 aliphatic heterocycles. The lowest BCUT2D eigenvalue weighted by atomic mass is 9.64. The van der Waals surface area contributed by atoms with E-state index in [1.165, 1.54) is 0 Å². The van der Waals surface area contributed by atoms with Crippen molar-refractivity contribution in [3.63, 3.8) is 0 Å². The Morgan fingerprint density at radius 3 is 2.75 bits per heavy atom. The molecule has 1 fully saturated rings. The first-order valence-electron chi connectivity index (χ1n) is 5.67. The van der Waals surface area contributed by atoms with Crippen molar-refractivity contribution in [1.82, 2.24) is 10.6 Å². The monoisotopic (exact) mass is 225 g/mol. The van der Waals surface area contributed by atoms with Gasteiger partial charge in [-0.05, 0) is 6.42 Å². The molecule has 0 aromatic carbocycles. The molecule has 16 heavy (non-hydrogen) atoms. The van der Waals surface area contributed by atoms with Crippen molar-refractivity contribution in [3.05, 3.63) is 12.7 Å². The van der Waals surface area contributed by atoms with Crippen LogP contribution in [-0.2, 0) is 4.74 Å². The van der Waals surface area contributed by atoms with Gasteiger partial charge >= 0.3 is 0 Å². The third-order valence-corrected chi connectivity index (χ3v) is 3.41. The van der Waals surface area contributed by atoms with E-state index in [2.05, 4.69) is 36.1 Å². The molecule has 1 saturated carbocycles. The molecule has 4 heteroatoms. The third-order valence-electron chi connectivity index (χ3n) is 3.41. The van der Waals surface area contributed by atoms with Gasteiger partial charge in [0.2, 0.25) is 0 Å². The Hall–Kier alpha value is -1.03. The van der Waals surface area contributed by atoms with Gasteiger partial charge in [0, 0.05) is 32.2 Å². The molecule has 0 radical (unpaired) electrons. The van der Waals surface area contributed by atoms with E-state index in [4.69, 9.17) is 4.74 Å². The Balaban J connectivity index is 2.46. The SMILES string of the molecule is C=CCNC(=NC)NC1CC(OC)C1(C)C. The summed E-state index contributed by atoms with van der Waals surface area (Å²) in [4.78, 5) is 4.17. The van der Waals surface area contributed by atoms with E-state index in [-0.39, 0.29) is 5.41 Å². The predicted molar refractivity (Wildman–Crippen MR) is 67.7 cm³/mol. The van der Waals surface area contributed by atoms with Gasteiger partial charge in [0.25, 0.3) is 0 Å². The standard InChI is InChI=1S/C12H23N3O/c1-6-7-14-11(13-4)15-9-8-10(16-5)12(9,2)3/h6,9-10H,1,7-8H2,2-5H3,(H2,13,14,15). The Labute approximate surface area is 98.2 Å². The maximum absolute atomic E-state index is 5.41. The summed E-state index contributed by atoms with van der Waals surface area (Å²) in [6, 6.07) is 0.411. The van der Waals surface area contributed by atoms with Gasteiger partial charge in [-0.2, -0.15) is 0 Å². The minimum absolute atomic E-state index is 0.153. The van der Waals surface area contributed by atoms with Gasteiger partial charge in [-0.25, -0.2) is 0 Å². The van der Waals surface area contributed by atoms with Crippen LogP contribution in [0.1, 0.15) is 20.3 Å². The minimum atomic E-state index is 0.153. The molecule has 4 nitrogen and oxygen atoms in total. The fourth-order valence-corrected chi connectivity index (χ4v) is 2.06. The number of hydrogen-bond acceptors (Lipinski definition) is 2. The highest BCUT2D eigenvalue weighted by atomic mass is 16.5. The van der Waals surface area contributed by atoms with Crippen molar-refractivity contribution in [2.45, 2.75) is 32.4 Å². The lowest BCUT2D eigenvalue weighted by Gasteiger charge is -2.51. The van der Waals surface area contributed by atoms with E-state index in [0.29, 0.717) is 12.1 Å². The maximum atomic E-state index is 5.41. The smallest absolute Gasteiger partial charge is 0.191 e. The minimum Gasteiger partial charge on any atom is -0.381 e. The molecule has 1 aliphatic rings. The number of nitrogens with zero attached hydrogens (tertiary/aromatic N) is 1. The summed E-state index contributed by atoms with van der Waals surface area (Å²) in [7, 11) is 3.55. The first-order chi connectivity index (χ1) is 7.56. The average molecular weight is 225 g/mol. The number of ether oxygens (including phenoxy) is 1. The normalized spacial score (nSPS) is 28.1. The molecule has 92 valence electrons. The molecule has 0 aromatic heterocycles. The van der Waals surface area contributed by atoms with Crippen LogP contribution in [0.4, 0.5) is 0 Å². The van der Waals surface area contributed by atoms with Crippen molar-refractivity contribution in [1.29, 1.82) is 0 Å². The van der Waals surface area contributed by atoms with Crippen LogP contribution in [0.5, 0.6) is 0 Å². The Kier molecular flexibility index (Phi) is 4.35. The number of hydrogen-bond donors (Lipinski definition) is 2. The first-order valence-corrected chi connectivity index (χ1v) is 5.67. The molecule has 0 spiro atoms. The second-order valence-electron chi connectivity index (χ2n) is 4.72. The van der Waals surface area contributed by atoms with Crippen molar-refractivity contribution in [2.24, 2.45) is 10.4 Å². The van der Waals surface area contributed by atoms with Gasteiger partial charge in [0.1, 0.15) is 0 Å². The third kappa shape index (κ3) is 2.55. The largest absolute Gasteiger partial charge is 0.381 e. The fourth-order valence-electron chi connectivity index (χ4n) is 2.06. The van der Waals surface area contributed by atoms with E-state index in [1.54, 1.807) is 14.2 Å². The van der Waals surface area contributed by atoms with E-state index in [0.717, 1.165) is 18.9 Å². The van der Waals surface area contributed by atoms with E-state index in [1.807, 2.05) is 6.08 Å². The van der Waals surface area contributed by atoms with Crippen LogP contribution in [-0.4, -0.2) is 38.8 Å². The van der Waals surface area contributed by atoms with E-state index < -0.39 is 0 Å². The van der Waals surface area contributed by atoms with Crippen molar-refractivity contribution < 1.29 is 4.74 Å². The molecule has 1 aliphatic carbocycles. The van der Waals surface area contributed by atoms with Crippen LogP contribution in [0.3, 0.4) is 0 Å². The van der Waals surface area contributed by atoms with Crippen LogP contribution < -0.4 is 10.6 Å². The van der Waals surface area contributed by atoms with Crippen molar-refractivity contribution in [3.8, 4) is 0 Å². The van der Waals surface area contributed by atoms with E-state index >= 15 is 0 Å². The fraction of sp³-hybridized carbons (Fsp3) is 0.750. The summed E-state index contributed by atoms with van der Waals surface area (Å²) in [6.07, 6.45) is 3.18. The van der Waals surface area contributed by atoms with Crippen LogP contribution in [0.15, 0.2) is 17.6 Å². The highest BCUT2D eigenvalue weighted by Crippen LogP contribution is 2.42. The first kappa shape index (κ1) is 13.0. The Morgan fingerprint density at radius 1 is 1.62 bits per heavy atom. The van der Waals surface area contributed by atoms with Gasteiger partial charge in [0.15, 0.2) is 5.96 Å². The molecule has 2 N–H and O–H groups in total. The second-order valence-corrected chi connectivity index (χ2v) is 4.72. The zero-order valence-corrected chi connectivity index (χ0v) is 10.7. The van der Waals surface area contributed by atoms with Gasteiger partial charge in [-0.1, -0.05) is 19.9 Å². The highest BCUT2D eigenvalue weighted by Gasteiger charge is 2.48. The number of guanidine groups is 1. The van der Waals surface area contributed by atoms with Crippen LogP contribution in [0, 0.1) is 5.41 Å². The summed E-state index contributed by atoms with van der Waals surface area (Å²) in [5.74, 6) is 0.826. The molecule has 0 bridgehead atoms. The van der Waals surface area contributed by atoms with Gasteiger partial charge in [-0.3, -0.25) is 4.99 Å². The van der Waals surface area contributed by atoms with Gasteiger partial charge in [0.05, 0.1) is 6.10 Å². The molecular formula is C12H23N3O. The number of rotatable bonds is 4. The summed E-state index contributed by atoms with van der Waals surface area (Å²) >= 11 is 0. The van der Waals surface area contributed by atoms with Crippen LogP contribution in [0.25, 0.3) is 0 Å². The van der Waals surface area contributed by atoms with Crippen LogP contribution in [0.2, 0.25) is 0 Å². The number of nitrogens with one attached hydrogen (secondary N) is 2. The quantitative estimate of drug-likeness (QED) is 0.428. The molecule has 0 amide bonds. The molecule has 0 heterocycles. The molecular weight excluding hydrogens is 202 g/mol. The zero-order valence-electron chi connectivity index (χ0n) is 10.7. The highest BCUT2D eigenvalue weighted by molar-refractivity contribution is 5.80. The van der Waals surface area contributed by atoms with E-state index in [9.17, 15) is 0 Å². The van der Waals surface area contributed by atoms with Gasteiger partial charge < -0.3 is 15.4 Å². The topological polar surface area (TPSA) is 45.7 Å². The predicted octanol–water partition coefficient (Wildman–Crippen LogP) is 1.15. The number of aliphatic imine (C=N–C) groups is 1. The summed E-state index contributed by atoms with van der Waals surface area (Å²) in [5.41, 5.74) is 0.153. The lowest BCUT2D eigenvalue weighted by molar-refractivity contribution is -0.0922. The molecule has 2 unspecified atom stereocenters. The second kappa shape index (κ2) is 5.34. The molecule has 1 rings (SSSR count). The summed E-state index contributed by atoms with van der Waals surface area (Å²) < 4.78 is 5.41. The summed E-state index contributed by atoms with van der Waals surface area (Å²) in [6.45, 7) is 8.81. The Bertz CT molecular complexity index is 273. The number of methoxy groups -OCH3 is 1. The Morgan fingerprint density at radius 2 is 2.31 bits per heavy atom. The van der Waals surface area contributed by atoms with Crippen LogP contribution >= 0.6 is 0 Å². The van der Waals surface area contributed by atoms with Gasteiger partial charge in [-0.15, -0.1) is 6.58 Å². The molecule has 0 saturated heterocycles.